The first-order valence-electron chi connectivity index (χ1n) is 4.82. The van der Waals surface area contributed by atoms with Gasteiger partial charge in [0.1, 0.15) is 0 Å². The molecule has 2 nitrogen and oxygen atoms in total. The van der Waals surface area contributed by atoms with Gasteiger partial charge in [-0.2, -0.15) is 0 Å². The summed E-state index contributed by atoms with van der Waals surface area (Å²) in [4.78, 5) is 1.12. The number of hydrogen-bond acceptors (Lipinski definition) is 3. The van der Waals surface area contributed by atoms with Crippen LogP contribution in [0.1, 0.15) is 35.7 Å². The van der Waals surface area contributed by atoms with E-state index in [1.807, 2.05) is 0 Å². The molecule has 2 rings (SSSR count). The fourth-order valence-corrected chi connectivity index (χ4v) is 2.71. The minimum atomic E-state index is 0.186. The minimum absolute atomic E-state index is 0.186. The van der Waals surface area contributed by atoms with E-state index in [9.17, 15) is 0 Å². The Morgan fingerprint density at radius 3 is 3.15 bits per heavy atom. The van der Waals surface area contributed by atoms with Crippen LogP contribution < -0.4 is 5.32 Å². The van der Waals surface area contributed by atoms with Crippen molar-refractivity contribution in [2.75, 3.05) is 6.54 Å². The van der Waals surface area contributed by atoms with Crippen LogP contribution in [0.2, 0.25) is 0 Å². The molecule has 0 spiro atoms. The molecule has 0 radical (unpaired) electrons. The number of aliphatic hydroxyl groups is 1. The second kappa shape index (κ2) is 4.22. The molecule has 1 aromatic rings. The summed E-state index contributed by atoms with van der Waals surface area (Å²) >= 11 is 1.65. The van der Waals surface area contributed by atoms with Gasteiger partial charge < -0.3 is 10.4 Å². The number of thiophene rings is 1. The van der Waals surface area contributed by atoms with Crippen molar-refractivity contribution in [1.29, 1.82) is 0 Å². The highest BCUT2D eigenvalue weighted by Gasteiger charge is 2.17. The molecule has 13 heavy (non-hydrogen) atoms. The Morgan fingerprint density at radius 2 is 2.46 bits per heavy atom. The van der Waals surface area contributed by atoms with Gasteiger partial charge in [-0.05, 0) is 36.4 Å². The molecule has 0 aromatic carbocycles. The first kappa shape index (κ1) is 9.19. The van der Waals surface area contributed by atoms with Crippen LogP contribution in [0.4, 0.5) is 0 Å². The quantitative estimate of drug-likeness (QED) is 0.760. The third kappa shape index (κ3) is 1.93. The SMILES string of the molecule is OCc1sccc1C1CCCCN1. The van der Waals surface area contributed by atoms with E-state index in [1.54, 1.807) is 11.3 Å². The van der Waals surface area contributed by atoms with Crippen molar-refractivity contribution in [3.05, 3.63) is 21.9 Å². The number of nitrogens with one attached hydrogen (secondary N) is 1. The molecule has 0 amide bonds. The molecule has 1 aliphatic rings. The lowest BCUT2D eigenvalue weighted by molar-refractivity contribution is 0.282. The zero-order valence-electron chi connectivity index (χ0n) is 7.62. The molecule has 1 saturated heterocycles. The molecule has 1 aliphatic heterocycles. The molecule has 1 unspecified atom stereocenters. The van der Waals surface area contributed by atoms with Crippen LogP contribution in [-0.4, -0.2) is 11.7 Å². The summed E-state index contributed by atoms with van der Waals surface area (Å²) in [5.41, 5.74) is 1.31. The van der Waals surface area contributed by atoms with Crippen molar-refractivity contribution in [3.8, 4) is 0 Å². The highest BCUT2D eigenvalue weighted by Crippen LogP contribution is 2.28. The predicted octanol–water partition coefficient (Wildman–Crippen LogP) is 2.06. The van der Waals surface area contributed by atoms with Gasteiger partial charge in [-0.3, -0.25) is 0 Å². The number of piperidine rings is 1. The van der Waals surface area contributed by atoms with Gasteiger partial charge in [-0.25, -0.2) is 0 Å². The van der Waals surface area contributed by atoms with Gasteiger partial charge in [0.25, 0.3) is 0 Å². The standard InChI is InChI=1S/C10H15NOS/c12-7-10-8(4-6-13-10)9-3-1-2-5-11-9/h4,6,9,11-12H,1-3,5,7H2. The average Bonchev–Trinajstić information content (AvgIpc) is 2.67. The summed E-state index contributed by atoms with van der Waals surface area (Å²) < 4.78 is 0. The predicted molar refractivity (Wildman–Crippen MR) is 54.8 cm³/mol. The van der Waals surface area contributed by atoms with Gasteiger partial charge in [0.05, 0.1) is 6.61 Å². The number of rotatable bonds is 2. The van der Waals surface area contributed by atoms with Crippen molar-refractivity contribution in [2.24, 2.45) is 0 Å². The first-order valence-corrected chi connectivity index (χ1v) is 5.70. The fraction of sp³-hybridized carbons (Fsp3) is 0.600. The average molecular weight is 197 g/mol. The largest absolute Gasteiger partial charge is 0.391 e. The lowest BCUT2D eigenvalue weighted by Gasteiger charge is -2.23. The van der Waals surface area contributed by atoms with Crippen LogP contribution in [-0.2, 0) is 6.61 Å². The Morgan fingerprint density at radius 1 is 1.54 bits per heavy atom. The van der Waals surface area contributed by atoms with Gasteiger partial charge >= 0.3 is 0 Å². The summed E-state index contributed by atoms with van der Waals surface area (Å²) in [6, 6.07) is 2.63. The molecule has 2 N–H and O–H groups in total. The van der Waals surface area contributed by atoms with Crippen molar-refractivity contribution in [1.82, 2.24) is 5.32 Å². The third-order valence-electron chi connectivity index (χ3n) is 2.61. The maximum absolute atomic E-state index is 9.12. The van der Waals surface area contributed by atoms with E-state index in [4.69, 9.17) is 5.11 Å². The third-order valence-corrected chi connectivity index (χ3v) is 3.53. The Labute approximate surface area is 82.6 Å². The van der Waals surface area contributed by atoms with Crippen LogP contribution in [0, 0.1) is 0 Å². The molecule has 2 heterocycles. The summed E-state index contributed by atoms with van der Waals surface area (Å²) in [5.74, 6) is 0. The highest BCUT2D eigenvalue weighted by molar-refractivity contribution is 7.10. The molecule has 3 heteroatoms. The van der Waals surface area contributed by atoms with Gasteiger partial charge in [-0.15, -0.1) is 11.3 Å². The van der Waals surface area contributed by atoms with Crippen LogP contribution in [0.3, 0.4) is 0 Å². The molecular formula is C10H15NOS. The Hall–Kier alpha value is -0.380. The smallest absolute Gasteiger partial charge is 0.0777 e. The summed E-state index contributed by atoms with van der Waals surface area (Å²) in [7, 11) is 0. The molecule has 0 saturated carbocycles. The van der Waals surface area contributed by atoms with E-state index >= 15 is 0 Å². The summed E-state index contributed by atoms with van der Waals surface area (Å²) in [6.45, 7) is 1.30. The van der Waals surface area contributed by atoms with Crippen molar-refractivity contribution >= 4 is 11.3 Å². The van der Waals surface area contributed by atoms with Gasteiger partial charge in [0, 0.05) is 10.9 Å². The van der Waals surface area contributed by atoms with Crippen LogP contribution >= 0.6 is 11.3 Å². The molecule has 72 valence electrons. The lowest BCUT2D eigenvalue weighted by Crippen LogP contribution is -2.27. The molecule has 0 bridgehead atoms. The van der Waals surface area contributed by atoms with Crippen molar-refractivity contribution < 1.29 is 5.11 Å². The van der Waals surface area contributed by atoms with Crippen LogP contribution in [0.15, 0.2) is 11.4 Å². The normalized spacial score (nSPS) is 23.3. The number of aliphatic hydroxyl groups excluding tert-OH is 1. The Kier molecular flexibility index (Phi) is 2.98. The fourth-order valence-electron chi connectivity index (χ4n) is 1.91. The zero-order chi connectivity index (χ0) is 9.10. The van der Waals surface area contributed by atoms with E-state index in [1.165, 1.54) is 24.8 Å². The molecule has 1 fully saturated rings. The summed E-state index contributed by atoms with van der Waals surface area (Å²) in [5, 5.41) is 14.7. The van der Waals surface area contributed by atoms with Gasteiger partial charge in [0.2, 0.25) is 0 Å². The van der Waals surface area contributed by atoms with E-state index in [2.05, 4.69) is 16.8 Å². The second-order valence-electron chi connectivity index (χ2n) is 3.46. The molecular weight excluding hydrogens is 182 g/mol. The first-order chi connectivity index (χ1) is 6.42. The molecule has 0 aliphatic carbocycles. The van der Waals surface area contributed by atoms with Crippen molar-refractivity contribution in [2.45, 2.75) is 31.9 Å². The molecule has 1 aromatic heterocycles. The Bertz CT molecular complexity index is 266. The topological polar surface area (TPSA) is 32.3 Å². The minimum Gasteiger partial charge on any atom is -0.391 e. The monoisotopic (exact) mass is 197 g/mol. The maximum Gasteiger partial charge on any atom is 0.0777 e. The Balaban J connectivity index is 2.13. The maximum atomic E-state index is 9.12. The van der Waals surface area contributed by atoms with Gasteiger partial charge in [-0.1, -0.05) is 6.42 Å². The van der Waals surface area contributed by atoms with Crippen LogP contribution in [0.5, 0.6) is 0 Å². The zero-order valence-corrected chi connectivity index (χ0v) is 8.44. The van der Waals surface area contributed by atoms with Gasteiger partial charge in [0.15, 0.2) is 0 Å². The highest BCUT2D eigenvalue weighted by atomic mass is 32.1. The van der Waals surface area contributed by atoms with E-state index in [0.717, 1.165) is 11.4 Å². The summed E-state index contributed by atoms with van der Waals surface area (Å²) in [6.07, 6.45) is 3.80. The second-order valence-corrected chi connectivity index (χ2v) is 4.46. The number of hydrogen-bond donors (Lipinski definition) is 2. The van der Waals surface area contributed by atoms with Crippen molar-refractivity contribution in [3.63, 3.8) is 0 Å². The van der Waals surface area contributed by atoms with E-state index in [-0.39, 0.29) is 6.61 Å². The lowest BCUT2D eigenvalue weighted by atomic mass is 9.98. The van der Waals surface area contributed by atoms with E-state index < -0.39 is 0 Å². The molecule has 1 atom stereocenters. The van der Waals surface area contributed by atoms with Crippen LogP contribution in [0.25, 0.3) is 0 Å². The van der Waals surface area contributed by atoms with E-state index in [0.29, 0.717) is 6.04 Å².